The van der Waals surface area contributed by atoms with Crippen molar-refractivity contribution in [2.45, 2.75) is 38.8 Å². The number of thiazole rings is 1. The Kier molecular flexibility index (Phi) is 4.70. The Morgan fingerprint density at radius 3 is 2.87 bits per heavy atom. The maximum Gasteiger partial charge on any atom is 0.115 e. The van der Waals surface area contributed by atoms with Gasteiger partial charge in [0.15, 0.2) is 0 Å². The molecule has 0 aliphatic carbocycles. The molecule has 0 aliphatic rings. The van der Waals surface area contributed by atoms with Gasteiger partial charge in [-0.2, -0.15) is 0 Å². The Bertz CT molecular complexity index is 276. The zero-order chi connectivity index (χ0) is 11.3. The van der Waals surface area contributed by atoms with Gasteiger partial charge in [0.25, 0.3) is 0 Å². The lowest BCUT2D eigenvalue weighted by molar-refractivity contribution is 0.0362. The summed E-state index contributed by atoms with van der Waals surface area (Å²) in [6.07, 6.45) is 3.06. The van der Waals surface area contributed by atoms with E-state index in [4.69, 9.17) is 4.74 Å². The van der Waals surface area contributed by atoms with Crippen molar-refractivity contribution in [2.24, 2.45) is 0 Å². The van der Waals surface area contributed by atoms with Crippen LogP contribution in [0.2, 0.25) is 0 Å². The van der Waals surface area contributed by atoms with E-state index in [0.717, 1.165) is 18.0 Å². The lowest BCUT2D eigenvalue weighted by Crippen LogP contribution is -2.49. The van der Waals surface area contributed by atoms with Crippen molar-refractivity contribution in [1.82, 2.24) is 10.3 Å². The second-order valence-corrected chi connectivity index (χ2v) is 4.74. The smallest absolute Gasteiger partial charge is 0.115 e. The molecule has 0 bridgehead atoms. The van der Waals surface area contributed by atoms with Crippen LogP contribution in [-0.2, 0) is 10.3 Å². The van der Waals surface area contributed by atoms with Crippen molar-refractivity contribution in [3.63, 3.8) is 0 Å². The van der Waals surface area contributed by atoms with E-state index in [1.807, 2.05) is 11.6 Å². The molecule has 1 heterocycles. The van der Waals surface area contributed by atoms with Gasteiger partial charge in [0.2, 0.25) is 0 Å². The predicted octanol–water partition coefficient (Wildman–Crippen LogP) is 2.39. The van der Waals surface area contributed by atoms with E-state index in [-0.39, 0.29) is 11.6 Å². The highest BCUT2D eigenvalue weighted by Gasteiger charge is 2.34. The molecule has 0 radical (unpaired) electrons. The number of nitrogens with one attached hydrogen (secondary N) is 1. The minimum absolute atomic E-state index is 0.107. The first-order chi connectivity index (χ1) is 7.15. The summed E-state index contributed by atoms with van der Waals surface area (Å²) < 4.78 is 5.44. The summed E-state index contributed by atoms with van der Waals surface area (Å²) in [6, 6.07) is 0. The number of nitrogens with zero attached hydrogens (tertiary/aromatic N) is 1. The van der Waals surface area contributed by atoms with E-state index in [2.05, 4.69) is 31.1 Å². The number of hydrogen-bond donors (Lipinski definition) is 1. The van der Waals surface area contributed by atoms with Crippen LogP contribution in [0.15, 0.2) is 11.6 Å². The van der Waals surface area contributed by atoms with E-state index < -0.39 is 0 Å². The van der Waals surface area contributed by atoms with Crippen molar-refractivity contribution >= 4 is 11.3 Å². The molecular weight excluding hydrogens is 208 g/mol. The van der Waals surface area contributed by atoms with Gasteiger partial charge >= 0.3 is 0 Å². The number of hydrogen-bond acceptors (Lipinski definition) is 4. The van der Waals surface area contributed by atoms with Crippen molar-refractivity contribution in [2.75, 3.05) is 13.7 Å². The van der Waals surface area contributed by atoms with Gasteiger partial charge in [-0.1, -0.05) is 6.92 Å². The molecule has 0 spiro atoms. The maximum absolute atomic E-state index is 5.44. The van der Waals surface area contributed by atoms with Crippen LogP contribution in [0, 0.1) is 0 Å². The van der Waals surface area contributed by atoms with E-state index in [1.54, 1.807) is 18.4 Å². The van der Waals surface area contributed by atoms with Gasteiger partial charge in [-0.25, -0.2) is 4.98 Å². The lowest BCUT2D eigenvalue weighted by atomic mass is 9.96. The third-order valence-electron chi connectivity index (χ3n) is 2.79. The second kappa shape index (κ2) is 5.58. The van der Waals surface area contributed by atoms with Crippen LogP contribution in [0.5, 0.6) is 0 Å². The summed E-state index contributed by atoms with van der Waals surface area (Å²) in [6.45, 7) is 7.36. The van der Waals surface area contributed by atoms with Crippen LogP contribution in [0.1, 0.15) is 32.2 Å². The molecule has 2 atom stereocenters. The quantitative estimate of drug-likeness (QED) is 0.812. The zero-order valence-corrected chi connectivity index (χ0v) is 10.7. The fraction of sp³-hybridized carbons (Fsp3) is 0.727. The molecular formula is C11H20N2OS. The van der Waals surface area contributed by atoms with Crippen LogP contribution in [0.25, 0.3) is 0 Å². The molecule has 0 aromatic carbocycles. The molecule has 3 nitrogen and oxygen atoms in total. The average Bonchev–Trinajstić information content (AvgIpc) is 2.78. The normalized spacial score (nSPS) is 17.3. The highest BCUT2D eigenvalue weighted by atomic mass is 32.1. The van der Waals surface area contributed by atoms with Gasteiger partial charge in [-0.15, -0.1) is 11.3 Å². The summed E-state index contributed by atoms with van der Waals surface area (Å²) >= 11 is 1.67. The topological polar surface area (TPSA) is 34.2 Å². The first-order valence-electron chi connectivity index (χ1n) is 5.33. The van der Waals surface area contributed by atoms with E-state index in [1.165, 1.54) is 0 Å². The summed E-state index contributed by atoms with van der Waals surface area (Å²) in [4.78, 5) is 4.39. The third-order valence-corrected chi connectivity index (χ3v) is 3.80. The van der Waals surface area contributed by atoms with Crippen molar-refractivity contribution in [3.05, 3.63) is 16.6 Å². The summed E-state index contributed by atoms with van der Waals surface area (Å²) in [5, 5.41) is 6.61. The van der Waals surface area contributed by atoms with Crippen LogP contribution >= 0.6 is 11.3 Å². The van der Waals surface area contributed by atoms with Crippen molar-refractivity contribution in [3.8, 4) is 0 Å². The molecule has 0 amide bonds. The molecule has 0 fully saturated rings. The van der Waals surface area contributed by atoms with Gasteiger partial charge in [0.1, 0.15) is 5.01 Å². The molecule has 1 aromatic heterocycles. The standard InChI is InChI=1S/C11H20N2OS/c1-5-6-13-11(3,9(2)14-4)10-12-7-8-15-10/h7-9,13H,5-6H2,1-4H3. The minimum atomic E-state index is -0.182. The van der Waals surface area contributed by atoms with Crippen LogP contribution < -0.4 is 5.32 Å². The molecule has 0 saturated heterocycles. The van der Waals surface area contributed by atoms with Crippen LogP contribution in [-0.4, -0.2) is 24.7 Å². The van der Waals surface area contributed by atoms with Gasteiger partial charge in [0, 0.05) is 18.7 Å². The predicted molar refractivity (Wildman–Crippen MR) is 64.2 cm³/mol. The maximum atomic E-state index is 5.44. The molecule has 15 heavy (non-hydrogen) atoms. The van der Waals surface area contributed by atoms with E-state index >= 15 is 0 Å². The van der Waals surface area contributed by atoms with Gasteiger partial charge in [-0.05, 0) is 26.8 Å². The number of rotatable bonds is 6. The second-order valence-electron chi connectivity index (χ2n) is 3.84. The molecule has 2 unspecified atom stereocenters. The lowest BCUT2D eigenvalue weighted by Gasteiger charge is -2.34. The molecule has 0 saturated carbocycles. The minimum Gasteiger partial charge on any atom is -0.379 e. The Hall–Kier alpha value is -0.450. The molecule has 0 aliphatic heterocycles. The molecule has 1 rings (SSSR count). The van der Waals surface area contributed by atoms with Crippen LogP contribution in [0.3, 0.4) is 0 Å². The zero-order valence-electron chi connectivity index (χ0n) is 9.91. The highest BCUT2D eigenvalue weighted by Crippen LogP contribution is 2.28. The molecule has 1 aromatic rings. The summed E-state index contributed by atoms with van der Waals surface area (Å²) in [5.41, 5.74) is -0.182. The largest absolute Gasteiger partial charge is 0.379 e. The molecule has 86 valence electrons. The fourth-order valence-electron chi connectivity index (χ4n) is 1.49. The molecule has 4 heteroatoms. The summed E-state index contributed by atoms with van der Waals surface area (Å²) in [7, 11) is 1.74. The van der Waals surface area contributed by atoms with E-state index in [0.29, 0.717) is 0 Å². The first kappa shape index (κ1) is 12.6. The fourth-order valence-corrected chi connectivity index (χ4v) is 2.35. The monoisotopic (exact) mass is 228 g/mol. The Morgan fingerprint density at radius 2 is 2.40 bits per heavy atom. The SMILES string of the molecule is CCCNC(C)(c1nccs1)C(C)OC. The van der Waals surface area contributed by atoms with Gasteiger partial charge in [-0.3, -0.25) is 0 Å². The Balaban J connectivity index is 2.85. The Labute approximate surface area is 95.9 Å². The number of aromatic nitrogens is 1. The number of ether oxygens (including phenoxy) is 1. The average molecular weight is 228 g/mol. The summed E-state index contributed by atoms with van der Waals surface area (Å²) in [5.74, 6) is 0. The van der Waals surface area contributed by atoms with Gasteiger partial charge in [0.05, 0.1) is 11.6 Å². The van der Waals surface area contributed by atoms with Crippen molar-refractivity contribution < 1.29 is 4.74 Å². The third kappa shape index (κ3) is 2.77. The first-order valence-corrected chi connectivity index (χ1v) is 6.21. The van der Waals surface area contributed by atoms with Gasteiger partial charge < -0.3 is 10.1 Å². The number of methoxy groups -OCH3 is 1. The Morgan fingerprint density at radius 1 is 1.67 bits per heavy atom. The van der Waals surface area contributed by atoms with Crippen LogP contribution in [0.4, 0.5) is 0 Å². The molecule has 1 N–H and O–H groups in total. The highest BCUT2D eigenvalue weighted by molar-refractivity contribution is 7.09. The van der Waals surface area contributed by atoms with Crippen molar-refractivity contribution in [1.29, 1.82) is 0 Å². The van der Waals surface area contributed by atoms with E-state index in [9.17, 15) is 0 Å².